The lowest BCUT2D eigenvalue weighted by Gasteiger charge is -2.37. The molecule has 12 rings (SSSR count). The monoisotopic (exact) mass is 768 g/mol. The third-order valence-electron chi connectivity index (χ3n) is 12.7. The first-order valence-corrected chi connectivity index (χ1v) is 20.9. The number of furan rings is 1. The summed E-state index contributed by atoms with van der Waals surface area (Å²) in [6, 6.07) is 74.9. The Labute approximate surface area is 348 Å². The van der Waals surface area contributed by atoms with E-state index in [9.17, 15) is 0 Å². The molecule has 3 heteroatoms. The van der Waals surface area contributed by atoms with E-state index in [2.05, 4.69) is 223 Å². The number of nitrogens with zero attached hydrogens (tertiary/aromatic N) is 2. The first-order chi connectivity index (χ1) is 29.7. The molecule has 1 aliphatic rings. The zero-order valence-corrected chi connectivity index (χ0v) is 33.2. The van der Waals surface area contributed by atoms with Crippen LogP contribution in [0.3, 0.4) is 0 Å². The standard InChI is InChI=1S/C57H40N2O/c1-37-35-54(45-20-7-8-23-48(45)56(37)40-31-34-52-50(36-40)46-21-9-11-26-51(46)58(52)41-17-3-2-4-18-41)59(53-27-14-25-49-47-22-10-12-28-55(47)60-57(49)53)42-32-29-39(30-33-42)44-24-13-16-38-15-5-6-19-43(38)44/h2-37,56H,1H3. The van der Waals surface area contributed by atoms with Crippen molar-refractivity contribution >= 4 is 71.6 Å². The van der Waals surface area contributed by atoms with Crippen molar-refractivity contribution in [1.82, 2.24) is 4.57 Å². The maximum atomic E-state index is 6.76. The van der Waals surface area contributed by atoms with Crippen LogP contribution in [0.1, 0.15) is 29.5 Å². The minimum absolute atomic E-state index is 0.158. The molecule has 1 aliphatic carbocycles. The lowest BCUT2D eigenvalue weighted by Crippen LogP contribution is -2.24. The lowest BCUT2D eigenvalue weighted by molar-refractivity contribution is 0.614. The minimum atomic E-state index is 0.158. The Balaban J connectivity index is 1.03. The molecule has 0 spiro atoms. The normalized spacial score (nSPS) is 15.2. The average molecular weight is 769 g/mol. The number of para-hydroxylation sites is 4. The summed E-state index contributed by atoms with van der Waals surface area (Å²) in [5.74, 6) is 0.341. The van der Waals surface area contributed by atoms with Crippen LogP contribution in [0.25, 0.3) is 77.0 Å². The number of aromatic nitrogens is 1. The van der Waals surface area contributed by atoms with E-state index in [4.69, 9.17) is 4.42 Å². The van der Waals surface area contributed by atoms with Gasteiger partial charge in [-0.15, -0.1) is 0 Å². The van der Waals surface area contributed by atoms with Crippen molar-refractivity contribution in [2.24, 2.45) is 5.92 Å². The summed E-state index contributed by atoms with van der Waals surface area (Å²) in [6.45, 7) is 2.38. The molecule has 60 heavy (non-hydrogen) atoms. The molecule has 0 bridgehead atoms. The van der Waals surface area contributed by atoms with E-state index in [0.29, 0.717) is 0 Å². The van der Waals surface area contributed by atoms with Gasteiger partial charge in [0.2, 0.25) is 0 Å². The molecule has 0 radical (unpaired) electrons. The smallest absolute Gasteiger partial charge is 0.159 e. The summed E-state index contributed by atoms with van der Waals surface area (Å²) in [7, 11) is 0. The van der Waals surface area contributed by atoms with E-state index in [0.717, 1.165) is 39.0 Å². The Morgan fingerprint density at radius 1 is 0.500 bits per heavy atom. The molecular weight excluding hydrogens is 729 g/mol. The molecule has 0 amide bonds. The highest BCUT2D eigenvalue weighted by Crippen LogP contribution is 2.49. The number of benzene rings is 9. The van der Waals surface area contributed by atoms with Crippen LogP contribution in [-0.2, 0) is 0 Å². The van der Waals surface area contributed by atoms with Crippen molar-refractivity contribution in [2.75, 3.05) is 4.90 Å². The van der Waals surface area contributed by atoms with Gasteiger partial charge < -0.3 is 13.9 Å². The highest BCUT2D eigenvalue weighted by atomic mass is 16.3. The lowest BCUT2D eigenvalue weighted by atomic mass is 9.74. The zero-order chi connectivity index (χ0) is 39.7. The second-order valence-electron chi connectivity index (χ2n) is 16.1. The number of allylic oxidation sites excluding steroid dienone is 1. The molecule has 284 valence electrons. The molecular formula is C57H40N2O. The van der Waals surface area contributed by atoms with E-state index < -0.39 is 0 Å². The largest absolute Gasteiger partial charge is 0.454 e. The Hall–Kier alpha value is -7.62. The predicted molar refractivity (Wildman–Crippen MR) is 251 cm³/mol. The van der Waals surface area contributed by atoms with Crippen molar-refractivity contribution in [3.8, 4) is 16.8 Å². The van der Waals surface area contributed by atoms with Crippen molar-refractivity contribution in [2.45, 2.75) is 12.8 Å². The van der Waals surface area contributed by atoms with Crippen LogP contribution in [0.15, 0.2) is 217 Å². The molecule has 2 unspecified atom stereocenters. The van der Waals surface area contributed by atoms with Crippen LogP contribution < -0.4 is 4.90 Å². The molecule has 0 aliphatic heterocycles. The van der Waals surface area contributed by atoms with E-state index in [1.54, 1.807) is 0 Å². The topological polar surface area (TPSA) is 21.3 Å². The fourth-order valence-corrected chi connectivity index (χ4v) is 10.0. The van der Waals surface area contributed by atoms with Crippen molar-refractivity contribution in [1.29, 1.82) is 0 Å². The summed E-state index contributed by atoms with van der Waals surface area (Å²) in [5, 5.41) is 7.27. The van der Waals surface area contributed by atoms with E-state index in [1.165, 1.54) is 66.1 Å². The minimum Gasteiger partial charge on any atom is -0.454 e. The van der Waals surface area contributed by atoms with Gasteiger partial charge in [0.1, 0.15) is 5.58 Å². The fraction of sp³-hybridized carbons (Fsp3) is 0.0526. The van der Waals surface area contributed by atoms with E-state index in [-0.39, 0.29) is 11.8 Å². The van der Waals surface area contributed by atoms with Gasteiger partial charge in [-0.2, -0.15) is 0 Å². The third kappa shape index (κ3) is 5.36. The fourth-order valence-electron chi connectivity index (χ4n) is 10.0. The number of hydrogen-bond acceptors (Lipinski definition) is 2. The number of hydrogen-bond donors (Lipinski definition) is 0. The first-order valence-electron chi connectivity index (χ1n) is 20.9. The number of rotatable bonds is 6. The van der Waals surface area contributed by atoms with Crippen LogP contribution in [-0.4, -0.2) is 4.57 Å². The highest BCUT2D eigenvalue weighted by molar-refractivity contribution is 6.12. The maximum Gasteiger partial charge on any atom is 0.159 e. The third-order valence-corrected chi connectivity index (χ3v) is 12.7. The number of anilines is 2. The summed E-state index contributed by atoms with van der Waals surface area (Å²) in [5.41, 5.74) is 14.9. The van der Waals surface area contributed by atoms with E-state index in [1.807, 2.05) is 6.07 Å². The molecule has 2 atom stereocenters. The summed E-state index contributed by atoms with van der Waals surface area (Å²) < 4.78 is 9.16. The molecule has 0 saturated heterocycles. The molecule has 2 heterocycles. The van der Waals surface area contributed by atoms with Crippen LogP contribution in [0.4, 0.5) is 11.4 Å². The van der Waals surface area contributed by atoms with Crippen LogP contribution >= 0.6 is 0 Å². The van der Waals surface area contributed by atoms with Gasteiger partial charge in [-0.05, 0) is 93.5 Å². The zero-order valence-electron chi connectivity index (χ0n) is 33.2. The van der Waals surface area contributed by atoms with Gasteiger partial charge in [0.25, 0.3) is 0 Å². The van der Waals surface area contributed by atoms with Crippen molar-refractivity contribution < 1.29 is 4.42 Å². The summed E-state index contributed by atoms with van der Waals surface area (Å²) in [4.78, 5) is 2.43. The summed E-state index contributed by atoms with van der Waals surface area (Å²) >= 11 is 0. The molecule has 3 nitrogen and oxygen atoms in total. The molecule has 2 aromatic heterocycles. The van der Waals surface area contributed by atoms with Gasteiger partial charge >= 0.3 is 0 Å². The van der Waals surface area contributed by atoms with Crippen molar-refractivity contribution in [3.05, 3.63) is 229 Å². The second-order valence-corrected chi connectivity index (χ2v) is 16.1. The van der Waals surface area contributed by atoms with Gasteiger partial charge in [-0.3, -0.25) is 0 Å². The van der Waals surface area contributed by atoms with Crippen LogP contribution in [0, 0.1) is 5.92 Å². The van der Waals surface area contributed by atoms with Gasteiger partial charge in [-0.1, -0.05) is 165 Å². The Kier molecular flexibility index (Phi) is 7.89. The van der Waals surface area contributed by atoms with Gasteiger partial charge in [0.15, 0.2) is 5.58 Å². The molecule has 9 aromatic carbocycles. The SMILES string of the molecule is CC1C=C(N(c2ccc(-c3cccc4ccccc34)cc2)c2cccc3c2oc2ccccc23)c2ccccc2C1c1ccc2c(c1)c1ccccc1n2-c1ccccc1. The van der Waals surface area contributed by atoms with Crippen LogP contribution in [0.5, 0.6) is 0 Å². The van der Waals surface area contributed by atoms with Crippen LogP contribution in [0.2, 0.25) is 0 Å². The summed E-state index contributed by atoms with van der Waals surface area (Å²) in [6.07, 6.45) is 2.49. The van der Waals surface area contributed by atoms with Gasteiger partial charge in [0, 0.05) is 44.4 Å². The first kappa shape index (κ1) is 34.4. The molecule has 0 N–H and O–H groups in total. The maximum absolute atomic E-state index is 6.76. The highest BCUT2D eigenvalue weighted by Gasteiger charge is 2.33. The molecule has 0 saturated carbocycles. The van der Waals surface area contributed by atoms with Gasteiger partial charge in [0.05, 0.1) is 22.4 Å². The van der Waals surface area contributed by atoms with Gasteiger partial charge in [-0.25, -0.2) is 0 Å². The average Bonchev–Trinajstić information content (AvgIpc) is 3.86. The second kappa shape index (κ2) is 13.8. The van der Waals surface area contributed by atoms with Crippen molar-refractivity contribution in [3.63, 3.8) is 0 Å². The Morgan fingerprint density at radius 2 is 1.17 bits per heavy atom. The predicted octanol–water partition coefficient (Wildman–Crippen LogP) is 15.5. The molecule has 0 fully saturated rings. The quantitative estimate of drug-likeness (QED) is 0.168. The molecule has 11 aromatic rings. The Morgan fingerprint density at radius 3 is 2.05 bits per heavy atom. The number of fused-ring (bicyclic) bond motifs is 8. The van der Waals surface area contributed by atoms with E-state index >= 15 is 0 Å². The Bertz CT molecular complexity index is 3460.